The van der Waals surface area contributed by atoms with Gasteiger partial charge in [-0.05, 0) is 24.1 Å². The lowest BCUT2D eigenvalue weighted by Crippen LogP contribution is -2.42. The molecular weight excluding hydrogens is 421 g/mol. The molecule has 0 bridgehead atoms. The number of carboxylic acids is 1. The van der Waals surface area contributed by atoms with Gasteiger partial charge in [0.05, 0.1) is 23.4 Å². The Morgan fingerprint density at radius 2 is 1.78 bits per heavy atom. The Morgan fingerprint density at radius 3 is 2.34 bits per heavy atom. The number of amides is 1. The van der Waals surface area contributed by atoms with Crippen LogP contribution in [0.25, 0.3) is 0 Å². The number of benzodiazepines with no additional fused rings is 1. The number of carbonyl (C=O) groups is 2. The van der Waals surface area contributed by atoms with Crippen molar-refractivity contribution >= 4 is 23.3 Å². The Bertz CT molecular complexity index is 1010. The fourth-order valence-electron chi connectivity index (χ4n) is 3.99. The van der Waals surface area contributed by atoms with Crippen LogP contribution in [0.1, 0.15) is 49.8 Å². The minimum atomic E-state index is -4.58. The second-order valence-electron chi connectivity index (χ2n) is 7.73. The average molecular weight is 446 g/mol. The quantitative estimate of drug-likeness (QED) is 0.638. The van der Waals surface area contributed by atoms with E-state index in [-0.39, 0.29) is 30.1 Å². The van der Waals surface area contributed by atoms with E-state index in [1.165, 1.54) is 11.0 Å². The summed E-state index contributed by atoms with van der Waals surface area (Å²) in [4.78, 5) is 30.8. The number of carboxylic acid groups (broad SMARTS) is 1. The summed E-state index contributed by atoms with van der Waals surface area (Å²) in [6.45, 7) is 3.71. The molecule has 0 aliphatic carbocycles. The molecule has 3 rings (SSSR count). The molecule has 0 fully saturated rings. The standard InChI is InChI=1S/C24H25F3N2O3/c1-3-15(4-2)22-23(32)29(13-12-20(30)31)19-11-10-17(24(25,26)27)14-18(19)21(28-22)16-8-6-5-7-9-16/h5-11,14-15,22H,3-4,12-13H2,1-2H3,(H,30,31)/t22-/m0/s1. The van der Waals surface area contributed by atoms with E-state index in [9.17, 15) is 27.9 Å². The summed E-state index contributed by atoms with van der Waals surface area (Å²) in [5.74, 6) is -1.63. The van der Waals surface area contributed by atoms with Crippen LogP contribution in [0.4, 0.5) is 18.9 Å². The van der Waals surface area contributed by atoms with Crippen molar-refractivity contribution in [3.63, 3.8) is 0 Å². The highest BCUT2D eigenvalue weighted by molar-refractivity contribution is 6.20. The van der Waals surface area contributed by atoms with Crippen LogP contribution < -0.4 is 4.90 Å². The topological polar surface area (TPSA) is 70.0 Å². The third kappa shape index (κ3) is 4.84. The second kappa shape index (κ2) is 9.54. The Kier molecular flexibility index (Phi) is 7.01. The minimum absolute atomic E-state index is 0.134. The average Bonchev–Trinajstić information content (AvgIpc) is 2.87. The summed E-state index contributed by atoms with van der Waals surface area (Å²) in [6.07, 6.45) is -3.61. The fraction of sp³-hybridized carbons (Fsp3) is 0.375. The van der Waals surface area contributed by atoms with Gasteiger partial charge in [0, 0.05) is 17.7 Å². The molecular formula is C24H25F3N2O3. The number of anilines is 1. The van der Waals surface area contributed by atoms with Gasteiger partial charge in [0.25, 0.3) is 5.91 Å². The monoisotopic (exact) mass is 446 g/mol. The maximum atomic E-state index is 13.5. The zero-order chi connectivity index (χ0) is 23.5. The SMILES string of the molecule is CCC(CC)[C@@H]1N=C(c2ccccc2)c2cc(C(F)(F)F)ccc2N(CCC(=O)O)C1=O. The van der Waals surface area contributed by atoms with Crippen LogP contribution in [0, 0.1) is 5.92 Å². The van der Waals surface area contributed by atoms with Crippen LogP contribution in [0.2, 0.25) is 0 Å². The van der Waals surface area contributed by atoms with E-state index in [2.05, 4.69) is 0 Å². The number of alkyl halides is 3. The Hall–Kier alpha value is -3.16. The largest absolute Gasteiger partial charge is 0.481 e. The number of nitrogens with zero attached hydrogens (tertiary/aromatic N) is 2. The maximum Gasteiger partial charge on any atom is 0.416 e. The van der Waals surface area contributed by atoms with Crippen molar-refractivity contribution in [2.45, 2.75) is 45.3 Å². The number of carbonyl (C=O) groups excluding carboxylic acids is 1. The first kappa shape index (κ1) is 23.5. The van der Waals surface area contributed by atoms with Crippen molar-refractivity contribution in [2.24, 2.45) is 10.9 Å². The predicted octanol–water partition coefficient (Wildman–Crippen LogP) is 5.17. The minimum Gasteiger partial charge on any atom is -0.481 e. The molecule has 0 unspecified atom stereocenters. The zero-order valence-electron chi connectivity index (χ0n) is 17.9. The smallest absolute Gasteiger partial charge is 0.416 e. The summed E-state index contributed by atoms with van der Waals surface area (Å²) in [6, 6.07) is 11.1. The Balaban J connectivity index is 2.29. The number of benzene rings is 2. The molecule has 32 heavy (non-hydrogen) atoms. The van der Waals surface area contributed by atoms with Gasteiger partial charge in [-0.1, -0.05) is 57.0 Å². The predicted molar refractivity (Wildman–Crippen MR) is 116 cm³/mol. The van der Waals surface area contributed by atoms with Crippen molar-refractivity contribution in [3.05, 3.63) is 65.2 Å². The number of hydrogen-bond donors (Lipinski definition) is 1. The van der Waals surface area contributed by atoms with E-state index in [0.29, 0.717) is 24.1 Å². The van der Waals surface area contributed by atoms with Crippen LogP contribution in [0.3, 0.4) is 0 Å². The normalized spacial score (nSPS) is 16.6. The van der Waals surface area contributed by atoms with Gasteiger partial charge in [0.15, 0.2) is 0 Å². The van der Waals surface area contributed by atoms with E-state index < -0.39 is 29.7 Å². The molecule has 0 saturated carbocycles. The lowest BCUT2D eigenvalue weighted by atomic mass is 9.93. The molecule has 1 amide bonds. The molecule has 2 aromatic rings. The molecule has 2 aromatic carbocycles. The molecule has 5 nitrogen and oxygen atoms in total. The van der Waals surface area contributed by atoms with E-state index in [1.54, 1.807) is 30.3 Å². The summed E-state index contributed by atoms with van der Waals surface area (Å²) in [5, 5.41) is 9.18. The summed E-state index contributed by atoms with van der Waals surface area (Å²) in [5.41, 5.74) is 0.441. The van der Waals surface area contributed by atoms with Crippen LogP contribution in [-0.2, 0) is 15.8 Å². The first-order chi connectivity index (χ1) is 15.2. The highest BCUT2D eigenvalue weighted by Gasteiger charge is 2.38. The number of aliphatic carboxylic acids is 1. The molecule has 1 aliphatic rings. The molecule has 0 saturated heterocycles. The van der Waals surface area contributed by atoms with E-state index in [1.807, 2.05) is 13.8 Å². The zero-order valence-corrected chi connectivity index (χ0v) is 17.9. The van der Waals surface area contributed by atoms with Crippen molar-refractivity contribution in [3.8, 4) is 0 Å². The van der Waals surface area contributed by atoms with Gasteiger partial charge < -0.3 is 10.0 Å². The maximum absolute atomic E-state index is 13.5. The van der Waals surface area contributed by atoms with Crippen molar-refractivity contribution in [1.82, 2.24) is 0 Å². The van der Waals surface area contributed by atoms with Crippen LogP contribution in [-0.4, -0.2) is 35.3 Å². The highest BCUT2D eigenvalue weighted by Crippen LogP contribution is 2.37. The van der Waals surface area contributed by atoms with Gasteiger partial charge in [-0.25, -0.2) is 0 Å². The third-order valence-corrected chi connectivity index (χ3v) is 5.75. The van der Waals surface area contributed by atoms with Crippen molar-refractivity contribution in [2.75, 3.05) is 11.4 Å². The molecule has 0 radical (unpaired) electrons. The number of rotatable bonds is 7. The number of hydrogen-bond acceptors (Lipinski definition) is 3. The number of fused-ring (bicyclic) bond motifs is 1. The van der Waals surface area contributed by atoms with Crippen LogP contribution in [0.5, 0.6) is 0 Å². The number of halogens is 3. The van der Waals surface area contributed by atoms with Gasteiger partial charge in [-0.15, -0.1) is 0 Å². The Morgan fingerprint density at radius 1 is 1.12 bits per heavy atom. The summed E-state index contributed by atoms with van der Waals surface area (Å²) < 4.78 is 40.6. The summed E-state index contributed by atoms with van der Waals surface area (Å²) >= 11 is 0. The molecule has 1 aliphatic heterocycles. The molecule has 170 valence electrons. The Labute approximate surface area is 184 Å². The van der Waals surface area contributed by atoms with E-state index in [4.69, 9.17) is 4.99 Å². The molecule has 0 spiro atoms. The second-order valence-corrected chi connectivity index (χ2v) is 7.73. The third-order valence-electron chi connectivity index (χ3n) is 5.75. The van der Waals surface area contributed by atoms with Crippen molar-refractivity contribution < 1.29 is 27.9 Å². The van der Waals surface area contributed by atoms with E-state index in [0.717, 1.165) is 12.1 Å². The van der Waals surface area contributed by atoms with Crippen LogP contribution in [0.15, 0.2) is 53.5 Å². The first-order valence-corrected chi connectivity index (χ1v) is 10.5. The van der Waals surface area contributed by atoms with Gasteiger partial charge in [0.1, 0.15) is 6.04 Å². The number of aliphatic imine (C=N–C) groups is 1. The van der Waals surface area contributed by atoms with E-state index >= 15 is 0 Å². The molecule has 1 heterocycles. The molecule has 1 N–H and O–H groups in total. The molecule has 0 aromatic heterocycles. The lowest BCUT2D eigenvalue weighted by Gasteiger charge is -2.28. The van der Waals surface area contributed by atoms with Gasteiger partial charge in [-0.2, -0.15) is 13.2 Å². The van der Waals surface area contributed by atoms with Crippen molar-refractivity contribution in [1.29, 1.82) is 0 Å². The summed E-state index contributed by atoms with van der Waals surface area (Å²) in [7, 11) is 0. The van der Waals surface area contributed by atoms with Crippen LogP contribution >= 0.6 is 0 Å². The van der Waals surface area contributed by atoms with Gasteiger partial charge in [-0.3, -0.25) is 14.6 Å². The fourth-order valence-corrected chi connectivity index (χ4v) is 3.99. The molecule has 8 heteroatoms. The van der Waals surface area contributed by atoms with Gasteiger partial charge >= 0.3 is 12.1 Å². The highest BCUT2D eigenvalue weighted by atomic mass is 19.4. The lowest BCUT2D eigenvalue weighted by molar-refractivity contribution is -0.138. The molecule has 1 atom stereocenters. The van der Waals surface area contributed by atoms with Gasteiger partial charge in [0.2, 0.25) is 0 Å². The first-order valence-electron chi connectivity index (χ1n) is 10.5.